The zero-order valence-electron chi connectivity index (χ0n) is 15.4. The highest BCUT2D eigenvalue weighted by atomic mass is 32.2. The number of imide groups is 1. The van der Waals surface area contributed by atoms with Gasteiger partial charge in [-0.3, -0.25) is 14.9 Å². The zero-order chi connectivity index (χ0) is 21.4. The summed E-state index contributed by atoms with van der Waals surface area (Å²) in [6, 6.07) is 5.89. The second kappa shape index (κ2) is 10.1. The SMILES string of the molecule is CCOC(=O)NC(=O)c1ccsc1NC(=O)CCCS(=O)(=O)c1ccc(F)cc1. The van der Waals surface area contributed by atoms with Crippen LogP contribution in [-0.2, 0) is 19.4 Å². The van der Waals surface area contributed by atoms with Crippen LogP contribution in [-0.4, -0.2) is 38.7 Å². The maximum atomic E-state index is 12.9. The molecule has 0 saturated carbocycles. The summed E-state index contributed by atoms with van der Waals surface area (Å²) in [4.78, 5) is 35.5. The van der Waals surface area contributed by atoms with Gasteiger partial charge in [-0.05, 0) is 49.1 Å². The van der Waals surface area contributed by atoms with Crippen LogP contribution >= 0.6 is 11.3 Å². The highest BCUT2D eigenvalue weighted by molar-refractivity contribution is 7.91. The Morgan fingerprint density at radius 3 is 2.48 bits per heavy atom. The molecule has 0 atom stereocenters. The number of carbonyl (C=O) groups excluding carboxylic acids is 3. The molecule has 0 aliphatic heterocycles. The molecule has 0 radical (unpaired) electrons. The van der Waals surface area contributed by atoms with Crippen molar-refractivity contribution in [3.05, 3.63) is 47.1 Å². The first-order valence-electron chi connectivity index (χ1n) is 8.56. The number of carbonyl (C=O) groups is 3. The maximum Gasteiger partial charge on any atom is 0.414 e. The first kappa shape index (κ1) is 22.5. The minimum absolute atomic E-state index is 0.0181. The van der Waals surface area contributed by atoms with E-state index in [1.54, 1.807) is 12.3 Å². The molecule has 2 rings (SSSR count). The largest absolute Gasteiger partial charge is 0.450 e. The molecule has 156 valence electrons. The Hall–Kier alpha value is -2.79. The van der Waals surface area contributed by atoms with Crippen LogP contribution in [0.25, 0.3) is 0 Å². The van der Waals surface area contributed by atoms with Gasteiger partial charge in [0, 0.05) is 6.42 Å². The fourth-order valence-corrected chi connectivity index (χ4v) is 4.40. The number of ether oxygens (including phenoxy) is 1. The first-order valence-corrected chi connectivity index (χ1v) is 11.1. The van der Waals surface area contributed by atoms with Crippen LogP contribution in [0.4, 0.5) is 14.2 Å². The highest BCUT2D eigenvalue weighted by Gasteiger charge is 2.19. The summed E-state index contributed by atoms with van der Waals surface area (Å²) < 4.78 is 41.9. The third-order valence-electron chi connectivity index (χ3n) is 3.64. The van der Waals surface area contributed by atoms with E-state index in [4.69, 9.17) is 0 Å². The van der Waals surface area contributed by atoms with Gasteiger partial charge < -0.3 is 10.1 Å². The number of alkyl carbamates (subject to hydrolysis) is 1. The van der Waals surface area contributed by atoms with Crippen LogP contribution in [0.1, 0.15) is 30.1 Å². The summed E-state index contributed by atoms with van der Waals surface area (Å²) in [5, 5.41) is 6.36. The molecular weight excluding hydrogens is 423 g/mol. The lowest BCUT2D eigenvalue weighted by Gasteiger charge is -2.07. The number of nitrogens with one attached hydrogen (secondary N) is 2. The molecule has 2 aromatic rings. The number of amides is 3. The molecule has 1 aromatic carbocycles. The van der Waals surface area contributed by atoms with E-state index in [1.807, 2.05) is 5.32 Å². The smallest absolute Gasteiger partial charge is 0.414 e. The molecular formula is C18H19FN2O6S2. The van der Waals surface area contributed by atoms with Gasteiger partial charge >= 0.3 is 6.09 Å². The van der Waals surface area contributed by atoms with Crippen LogP contribution < -0.4 is 10.6 Å². The molecule has 1 heterocycles. The Kier molecular flexibility index (Phi) is 7.85. The van der Waals surface area contributed by atoms with Gasteiger partial charge in [0.1, 0.15) is 10.8 Å². The van der Waals surface area contributed by atoms with Crippen molar-refractivity contribution in [2.75, 3.05) is 17.7 Å². The third kappa shape index (κ3) is 6.64. The molecule has 0 bridgehead atoms. The second-order valence-corrected chi connectivity index (χ2v) is 8.79. The van der Waals surface area contributed by atoms with Gasteiger partial charge in [0.05, 0.1) is 22.8 Å². The van der Waals surface area contributed by atoms with Crippen LogP contribution in [0.5, 0.6) is 0 Å². The Labute approximate surface area is 171 Å². The van der Waals surface area contributed by atoms with Crippen molar-refractivity contribution in [3.8, 4) is 0 Å². The second-order valence-electron chi connectivity index (χ2n) is 5.76. The van der Waals surface area contributed by atoms with Gasteiger partial charge in [-0.2, -0.15) is 0 Å². The van der Waals surface area contributed by atoms with E-state index in [9.17, 15) is 27.2 Å². The lowest BCUT2D eigenvalue weighted by molar-refractivity contribution is -0.116. The molecule has 0 saturated heterocycles. The molecule has 29 heavy (non-hydrogen) atoms. The monoisotopic (exact) mass is 442 g/mol. The molecule has 8 nitrogen and oxygen atoms in total. The van der Waals surface area contributed by atoms with Crippen LogP contribution in [0, 0.1) is 5.82 Å². The van der Waals surface area contributed by atoms with E-state index in [2.05, 4.69) is 10.1 Å². The van der Waals surface area contributed by atoms with Crippen molar-refractivity contribution in [1.29, 1.82) is 0 Å². The van der Waals surface area contributed by atoms with E-state index in [-0.39, 0.29) is 40.7 Å². The van der Waals surface area contributed by atoms with Gasteiger partial charge in [-0.15, -0.1) is 11.3 Å². The lowest BCUT2D eigenvalue weighted by Crippen LogP contribution is -2.31. The zero-order valence-corrected chi connectivity index (χ0v) is 17.1. The van der Waals surface area contributed by atoms with Gasteiger partial charge in [0.15, 0.2) is 9.84 Å². The summed E-state index contributed by atoms with van der Waals surface area (Å²) >= 11 is 1.09. The summed E-state index contributed by atoms with van der Waals surface area (Å²) in [7, 11) is -3.63. The van der Waals surface area contributed by atoms with Crippen molar-refractivity contribution >= 4 is 44.1 Å². The van der Waals surface area contributed by atoms with Crippen molar-refractivity contribution in [1.82, 2.24) is 5.32 Å². The van der Waals surface area contributed by atoms with Gasteiger partial charge in [0.2, 0.25) is 5.91 Å². The molecule has 0 fully saturated rings. The first-order chi connectivity index (χ1) is 13.7. The van der Waals surface area contributed by atoms with Crippen LogP contribution in [0.3, 0.4) is 0 Å². The Morgan fingerprint density at radius 1 is 1.14 bits per heavy atom. The number of thiophene rings is 1. The van der Waals surface area contributed by atoms with Crippen molar-refractivity contribution in [3.63, 3.8) is 0 Å². The molecule has 0 unspecified atom stereocenters. The van der Waals surface area contributed by atoms with Gasteiger partial charge in [-0.25, -0.2) is 17.6 Å². The molecule has 0 aliphatic carbocycles. The molecule has 0 spiro atoms. The summed E-state index contributed by atoms with van der Waals surface area (Å²) in [6.07, 6.45) is -0.953. The van der Waals surface area contributed by atoms with E-state index in [0.717, 1.165) is 23.5 Å². The van der Waals surface area contributed by atoms with Crippen molar-refractivity contribution in [2.24, 2.45) is 0 Å². The maximum absolute atomic E-state index is 12.9. The van der Waals surface area contributed by atoms with Crippen molar-refractivity contribution < 1.29 is 31.9 Å². The topological polar surface area (TPSA) is 119 Å². The van der Waals surface area contributed by atoms with Gasteiger partial charge in [0.25, 0.3) is 5.91 Å². The minimum atomic E-state index is -3.63. The lowest BCUT2D eigenvalue weighted by atomic mass is 10.3. The number of halogens is 1. The number of rotatable bonds is 8. The Morgan fingerprint density at radius 2 is 1.83 bits per heavy atom. The van der Waals surface area contributed by atoms with E-state index in [0.29, 0.717) is 0 Å². The average Bonchev–Trinajstić information content (AvgIpc) is 3.10. The predicted octanol–water partition coefficient (Wildman–Crippen LogP) is 2.97. The van der Waals surface area contributed by atoms with E-state index in [1.165, 1.54) is 18.2 Å². The number of hydrogen-bond acceptors (Lipinski definition) is 7. The number of anilines is 1. The minimum Gasteiger partial charge on any atom is -0.450 e. The predicted molar refractivity (Wildman–Crippen MR) is 105 cm³/mol. The Balaban J connectivity index is 1.89. The Bertz CT molecular complexity index is 986. The molecule has 3 amide bonds. The fraction of sp³-hybridized carbons (Fsp3) is 0.278. The number of sulfone groups is 1. The quantitative estimate of drug-likeness (QED) is 0.607. The number of hydrogen-bond donors (Lipinski definition) is 2. The molecule has 11 heteroatoms. The molecule has 1 aromatic heterocycles. The average molecular weight is 442 g/mol. The van der Waals surface area contributed by atoms with Crippen molar-refractivity contribution in [2.45, 2.75) is 24.7 Å². The van der Waals surface area contributed by atoms with Gasteiger partial charge in [-0.1, -0.05) is 0 Å². The van der Waals surface area contributed by atoms with E-state index >= 15 is 0 Å². The third-order valence-corrected chi connectivity index (χ3v) is 6.29. The summed E-state index contributed by atoms with van der Waals surface area (Å²) in [6.45, 7) is 1.70. The summed E-state index contributed by atoms with van der Waals surface area (Å²) in [5.41, 5.74) is 0.0929. The molecule has 2 N–H and O–H groups in total. The molecule has 0 aliphatic rings. The highest BCUT2D eigenvalue weighted by Crippen LogP contribution is 2.23. The number of benzene rings is 1. The van der Waals surface area contributed by atoms with E-state index < -0.39 is 33.6 Å². The van der Waals surface area contributed by atoms with Crippen LogP contribution in [0.2, 0.25) is 0 Å². The standard InChI is InChI=1S/C18H19FN2O6S2/c1-2-27-18(24)21-16(23)14-9-10-28-17(14)20-15(22)4-3-11-29(25,26)13-7-5-12(19)6-8-13/h5-10H,2-4,11H2,1H3,(H,20,22)(H,21,23,24). The fourth-order valence-electron chi connectivity index (χ4n) is 2.28. The van der Waals surface area contributed by atoms with Crippen LogP contribution in [0.15, 0.2) is 40.6 Å². The normalized spacial score (nSPS) is 11.0. The summed E-state index contributed by atoms with van der Waals surface area (Å²) in [5.74, 6) is -2.03.